The molecule has 112 valence electrons. The molecule has 0 saturated carbocycles. The number of urea groups is 1. The molecular weight excluding hydrogens is 284 g/mol. The molecule has 3 N–H and O–H groups in total. The van der Waals surface area contributed by atoms with Crippen molar-refractivity contribution in [2.24, 2.45) is 0 Å². The van der Waals surface area contributed by atoms with Crippen molar-refractivity contribution in [2.75, 3.05) is 11.9 Å². The molecule has 2 amide bonds. The monoisotopic (exact) mass is 304 g/mol. The lowest BCUT2D eigenvalue weighted by Crippen LogP contribution is -2.31. The average molecular weight is 304 g/mol. The molecule has 1 aromatic carbocycles. The summed E-state index contributed by atoms with van der Waals surface area (Å²) in [6, 6.07) is 11.5. The number of rotatable bonds is 6. The summed E-state index contributed by atoms with van der Waals surface area (Å²) in [5, 5.41) is 17.1. The minimum absolute atomic E-state index is 0.248. The Bertz CT molecular complexity index is 569. The zero-order valence-electron chi connectivity index (χ0n) is 12.0. The molecule has 1 unspecified atom stereocenters. The van der Waals surface area contributed by atoms with Crippen LogP contribution >= 0.6 is 11.3 Å². The lowest BCUT2D eigenvalue weighted by atomic mass is 10.1. The Morgan fingerprint density at radius 1 is 1.29 bits per heavy atom. The van der Waals surface area contributed by atoms with E-state index in [0.29, 0.717) is 19.4 Å². The van der Waals surface area contributed by atoms with Gasteiger partial charge in [0, 0.05) is 17.0 Å². The van der Waals surface area contributed by atoms with Crippen LogP contribution in [0, 0.1) is 0 Å². The van der Waals surface area contributed by atoms with Crippen LogP contribution in [-0.4, -0.2) is 23.8 Å². The minimum atomic E-state index is -0.358. The first-order valence-electron chi connectivity index (χ1n) is 7.06. The first-order chi connectivity index (χ1) is 10.2. The van der Waals surface area contributed by atoms with E-state index in [9.17, 15) is 9.90 Å². The van der Waals surface area contributed by atoms with Gasteiger partial charge in [-0.2, -0.15) is 0 Å². The molecule has 0 radical (unpaired) electrons. The number of para-hydroxylation sites is 1. The topological polar surface area (TPSA) is 61.4 Å². The Morgan fingerprint density at radius 3 is 2.81 bits per heavy atom. The van der Waals surface area contributed by atoms with E-state index in [1.54, 1.807) is 11.3 Å². The molecule has 2 rings (SSSR count). The third-order valence-electron chi connectivity index (χ3n) is 3.20. The number of carbonyl (C=O) groups excluding carboxylic acids is 1. The lowest BCUT2D eigenvalue weighted by Gasteiger charge is -2.12. The third kappa shape index (κ3) is 4.58. The molecule has 4 nitrogen and oxygen atoms in total. The van der Waals surface area contributed by atoms with Crippen LogP contribution in [0.4, 0.5) is 10.5 Å². The van der Waals surface area contributed by atoms with Gasteiger partial charge in [0.2, 0.25) is 0 Å². The van der Waals surface area contributed by atoms with Gasteiger partial charge in [-0.15, -0.1) is 11.3 Å². The Kier molecular flexibility index (Phi) is 5.78. The largest absolute Gasteiger partial charge is 0.393 e. The molecule has 1 atom stereocenters. The molecule has 1 heterocycles. The fourth-order valence-electron chi connectivity index (χ4n) is 1.96. The van der Waals surface area contributed by atoms with E-state index in [1.807, 2.05) is 48.7 Å². The Labute approximate surface area is 128 Å². The van der Waals surface area contributed by atoms with Crippen molar-refractivity contribution in [1.82, 2.24) is 5.32 Å². The Hall–Kier alpha value is -1.85. The van der Waals surface area contributed by atoms with Crippen LogP contribution in [0.3, 0.4) is 0 Å². The summed E-state index contributed by atoms with van der Waals surface area (Å²) in [5.74, 6) is 0. The SMILES string of the molecule is CCC(O)CCNC(=O)Nc1ccccc1-c1cccs1. The molecule has 0 spiro atoms. The van der Waals surface area contributed by atoms with Gasteiger partial charge < -0.3 is 15.7 Å². The number of aliphatic hydroxyl groups excluding tert-OH is 1. The van der Waals surface area contributed by atoms with Crippen molar-refractivity contribution >= 4 is 23.1 Å². The number of thiophene rings is 1. The van der Waals surface area contributed by atoms with Gasteiger partial charge in [-0.05, 0) is 30.4 Å². The van der Waals surface area contributed by atoms with Gasteiger partial charge >= 0.3 is 6.03 Å². The van der Waals surface area contributed by atoms with Gasteiger partial charge in [-0.1, -0.05) is 31.2 Å². The lowest BCUT2D eigenvalue weighted by molar-refractivity contribution is 0.160. The molecule has 0 aliphatic rings. The molecule has 2 aromatic rings. The van der Waals surface area contributed by atoms with E-state index < -0.39 is 0 Å². The second-order valence-corrected chi connectivity index (χ2v) is 5.70. The summed E-state index contributed by atoms with van der Waals surface area (Å²) in [6.45, 7) is 2.38. The van der Waals surface area contributed by atoms with Gasteiger partial charge in [0.05, 0.1) is 11.8 Å². The number of nitrogens with one attached hydrogen (secondary N) is 2. The molecule has 0 bridgehead atoms. The number of hydrogen-bond acceptors (Lipinski definition) is 3. The maximum absolute atomic E-state index is 11.9. The van der Waals surface area contributed by atoms with E-state index in [2.05, 4.69) is 10.6 Å². The van der Waals surface area contributed by atoms with Gasteiger partial charge in [-0.3, -0.25) is 0 Å². The van der Waals surface area contributed by atoms with Crippen molar-refractivity contribution in [1.29, 1.82) is 0 Å². The van der Waals surface area contributed by atoms with Crippen molar-refractivity contribution < 1.29 is 9.90 Å². The molecule has 0 fully saturated rings. The number of benzene rings is 1. The highest BCUT2D eigenvalue weighted by Crippen LogP contribution is 2.31. The summed E-state index contributed by atoms with van der Waals surface area (Å²) in [7, 11) is 0. The normalized spacial score (nSPS) is 11.9. The smallest absolute Gasteiger partial charge is 0.319 e. The quantitative estimate of drug-likeness (QED) is 0.762. The van der Waals surface area contributed by atoms with Crippen molar-refractivity contribution in [2.45, 2.75) is 25.9 Å². The molecule has 21 heavy (non-hydrogen) atoms. The molecule has 5 heteroatoms. The van der Waals surface area contributed by atoms with Crippen LogP contribution in [0.5, 0.6) is 0 Å². The fourth-order valence-corrected chi connectivity index (χ4v) is 2.73. The minimum Gasteiger partial charge on any atom is -0.393 e. The van der Waals surface area contributed by atoms with Crippen molar-refractivity contribution in [3.63, 3.8) is 0 Å². The predicted molar refractivity (Wildman–Crippen MR) is 87.7 cm³/mol. The van der Waals surface area contributed by atoms with E-state index in [1.165, 1.54) is 0 Å². The van der Waals surface area contributed by atoms with Gasteiger partial charge in [0.25, 0.3) is 0 Å². The van der Waals surface area contributed by atoms with Gasteiger partial charge in [0.15, 0.2) is 0 Å². The zero-order chi connectivity index (χ0) is 15.1. The van der Waals surface area contributed by atoms with E-state index in [4.69, 9.17) is 0 Å². The van der Waals surface area contributed by atoms with Crippen molar-refractivity contribution in [3.8, 4) is 10.4 Å². The summed E-state index contributed by atoms with van der Waals surface area (Å²) in [5.41, 5.74) is 1.80. The molecule has 0 saturated heterocycles. The highest BCUT2D eigenvalue weighted by atomic mass is 32.1. The van der Waals surface area contributed by atoms with Crippen molar-refractivity contribution in [3.05, 3.63) is 41.8 Å². The maximum Gasteiger partial charge on any atom is 0.319 e. The summed E-state index contributed by atoms with van der Waals surface area (Å²) in [6.07, 6.45) is 0.907. The van der Waals surface area contributed by atoms with Crippen LogP contribution in [-0.2, 0) is 0 Å². The first-order valence-corrected chi connectivity index (χ1v) is 7.94. The predicted octanol–water partition coefficient (Wildman–Crippen LogP) is 3.70. The highest BCUT2D eigenvalue weighted by Gasteiger charge is 2.09. The number of amides is 2. The second kappa shape index (κ2) is 7.81. The molecular formula is C16H20N2O2S. The third-order valence-corrected chi connectivity index (χ3v) is 4.10. The van der Waals surface area contributed by atoms with Gasteiger partial charge in [0.1, 0.15) is 0 Å². The molecule has 0 aliphatic heterocycles. The second-order valence-electron chi connectivity index (χ2n) is 4.75. The van der Waals surface area contributed by atoms with E-state index >= 15 is 0 Å². The van der Waals surface area contributed by atoms with Crippen LogP contribution in [0.2, 0.25) is 0 Å². The number of hydrogen-bond donors (Lipinski definition) is 3. The summed E-state index contributed by atoms with van der Waals surface area (Å²) >= 11 is 1.64. The van der Waals surface area contributed by atoms with Crippen LogP contribution in [0.15, 0.2) is 41.8 Å². The Balaban J connectivity index is 1.95. The number of anilines is 1. The van der Waals surface area contributed by atoms with Crippen LogP contribution in [0.1, 0.15) is 19.8 Å². The maximum atomic E-state index is 11.9. The van der Waals surface area contributed by atoms with E-state index in [-0.39, 0.29) is 12.1 Å². The Morgan fingerprint density at radius 2 is 2.10 bits per heavy atom. The van der Waals surface area contributed by atoms with Crippen LogP contribution in [0.25, 0.3) is 10.4 Å². The summed E-state index contributed by atoms with van der Waals surface area (Å²) < 4.78 is 0. The molecule has 1 aromatic heterocycles. The number of aliphatic hydroxyl groups is 1. The fraction of sp³-hybridized carbons (Fsp3) is 0.312. The highest BCUT2D eigenvalue weighted by molar-refractivity contribution is 7.13. The average Bonchev–Trinajstić information content (AvgIpc) is 3.01. The zero-order valence-corrected chi connectivity index (χ0v) is 12.8. The molecule has 0 aliphatic carbocycles. The van der Waals surface area contributed by atoms with Crippen LogP contribution < -0.4 is 10.6 Å². The standard InChI is InChI=1S/C16H20N2O2S/c1-2-12(19)9-10-17-16(20)18-14-7-4-3-6-13(14)15-8-5-11-21-15/h3-8,11-12,19H,2,9-10H2,1H3,(H2,17,18,20). The number of carbonyl (C=O) groups is 1. The first kappa shape index (κ1) is 15.5. The van der Waals surface area contributed by atoms with E-state index in [0.717, 1.165) is 16.1 Å². The summed E-state index contributed by atoms with van der Waals surface area (Å²) in [4.78, 5) is 13.0. The van der Waals surface area contributed by atoms with Gasteiger partial charge in [-0.25, -0.2) is 4.79 Å².